The molecular formula is C73H142O17P2. The van der Waals surface area contributed by atoms with Crippen molar-refractivity contribution in [2.45, 2.75) is 394 Å². The van der Waals surface area contributed by atoms with Gasteiger partial charge in [0.1, 0.15) is 19.3 Å². The van der Waals surface area contributed by atoms with E-state index in [0.29, 0.717) is 31.6 Å². The Morgan fingerprint density at radius 3 is 0.739 bits per heavy atom. The predicted octanol–water partition coefficient (Wildman–Crippen LogP) is 21.2. The van der Waals surface area contributed by atoms with E-state index in [0.717, 1.165) is 102 Å². The summed E-state index contributed by atoms with van der Waals surface area (Å²) in [6.07, 6.45) is 51.4. The summed E-state index contributed by atoms with van der Waals surface area (Å²) in [6.45, 7) is 9.50. The molecule has 0 radical (unpaired) electrons. The maximum absolute atomic E-state index is 13.1. The zero-order chi connectivity index (χ0) is 67.9. The smallest absolute Gasteiger partial charge is 0.462 e. The van der Waals surface area contributed by atoms with E-state index in [9.17, 15) is 43.2 Å². The van der Waals surface area contributed by atoms with E-state index in [1.807, 2.05) is 0 Å². The van der Waals surface area contributed by atoms with Crippen molar-refractivity contribution in [1.82, 2.24) is 0 Å². The van der Waals surface area contributed by atoms with Crippen LogP contribution in [-0.2, 0) is 65.4 Å². The number of unbranched alkanes of at least 4 members (excludes halogenated alkanes) is 42. The lowest BCUT2D eigenvalue weighted by atomic mass is 10.0. The Morgan fingerprint density at radius 2 is 0.500 bits per heavy atom. The molecule has 546 valence electrons. The van der Waals surface area contributed by atoms with Gasteiger partial charge in [-0.1, -0.05) is 324 Å². The maximum atomic E-state index is 13.1. The molecule has 2 unspecified atom stereocenters. The number of aliphatic hydroxyl groups excluding tert-OH is 1. The Morgan fingerprint density at radius 1 is 0.293 bits per heavy atom. The normalized spacial score (nSPS) is 14.1. The number of phosphoric acid groups is 2. The minimum Gasteiger partial charge on any atom is -0.462 e. The van der Waals surface area contributed by atoms with E-state index in [1.54, 1.807) is 0 Å². The third-order valence-corrected chi connectivity index (χ3v) is 18.9. The summed E-state index contributed by atoms with van der Waals surface area (Å²) >= 11 is 0. The Hall–Kier alpha value is -1.94. The first-order valence-corrected chi connectivity index (χ1v) is 41.0. The van der Waals surface area contributed by atoms with Crippen molar-refractivity contribution in [2.24, 2.45) is 11.8 Å². The van der Waals surface area contributed by atoms with Crippen molar-refractivity contribution in [3.8, 4) is 0 Å². The molecule has 19 heteroatoms. The molecule has 0 aliphatic heterocycles. The van der Waals surface area contributed by atoms with Gasteiger partial charge in [-0.3, -0.25) is 37.3 Å². The van der Waals surface area contributed by atoms with Gasteiger partial charge >= 0.3 is 39.5 Å². The number of carbonyl (C=O) groups is 4. The fourth-order valence-corrected chi connectivity index (χ4v) is 12.7. The minimum atomic E-state index is -4.95. The Balaban J connectivity index is 5.25. The lowest BCUT2D eigenvalue weighted by Gasteiger charge is -2.21. The number of ether oxygens (including phenoxy) is 4. The SMILES string of the molecule is CCCCCCCCCCCCCCCCCCC(=O)O[C@H](COC(=O)CCCCCCCCCCCCCCCC)COP(=O)(O)OC[C@@H](O)COP(=O)(O)OC[C@@H](COC(=O)CCCCCCCCCC(C)C)OC(=O)CCCCCCCCCCCC(C)C. The molecule has 92 heavy (non-hydrogen) atoms. The van der Waals surface area contributed by atoms with E-state index in [-0.39, 0.29) is 25.7 Å². The minimum absolute atomic E-state index is 0.105. The summed E-state index contributed by atoms with van der Waals surface area (Å²) in [5.41, 5.74) is 0. The molecule has 0 heterocycles. The Kier molecular flexibility index (Phi) is 63.7. The zero-order valence-electron chi connectivity index (χ0n) is 59.9. The molecule has 17 nitrogen and oxygen atoms in total. The highest BCUT2D eigenvalue weighted by Gasteiger charge is 2.30. The van der Waals surface area contributed by atoms with Crippen molar-refractivity contribution in [3.63, 3.8) is 0 Å². The van der Waals surface area contributed by atoms with Gasteiger partial charge in [-0.2, -0.15) is 0 Å². The van der Waals surface area contributed by atoms with Crippen LogP contribution in [0.2, 0.25) is 0 Å². The van der Waals surface area contributed by atoms with Gasteiger partial charge in [0.15, 0.2) is 12.2 Å². The Bertz CT molecular complexity index is 1790. The number of phosphoric ester groups is 2. The molecule has 0 bridgehead atoms. The summed E-state index contributed by atoms with van der Waals surface area (Å²) in [7, 11) is -9.91. The van der Waals surface area contributed by atoms with Crippen LogP contribution in [-0.4, -0.2) is 96.7 Å². The number of esters is 4. The first kappa shape index (κ1) is 90.1. The molecule has 0 saturated carbocycles. The van der Waals surface area contributed by atoms with E-state index in [2.05, 4.69) is 41.5 Å². The third-order valence-electron chi connectivity index (χ3n) is 17.0. The molecule has 0 aliphatic rings. The highest BCUT2D eigenvalue weighted by atomic mass is 31.2. The number of hydrogen-bond donors (Lipinski definition) is 3. The molecule has 0 aromatic heterocycles. The topological polar surface area (TPSA) is 237 Å². The van der Waals surface area contributed by atoms with Gasteiger partial charge in [0.2, 0.25) is 0 Å². The lowest BCUT2D eigenvalue weighted by molar-refractivity contribution is -0.161. The van der Waals surface area contributed by atoms with E-state index in [4.69, 9.17) is 37.0 Å². The first-order chi connectivity index (χ1) is 44.4. The van der Waals surface area contributed by atoms with E-state index >= 15 is 0 Å². The summed E-state index contributed by atoms with van der Waals surface area (Å²) in [5.74, 6) is -0.678. The van der Waals surface area contributed by atoms with Crippen molar-refractivity contribution in [2.75, 3.05) is 39.6 Å². The number of aliphatic hydroxyl groups is 1. The van der Waals surface area contributed by atoms with Crippen LogP contribution in [0.15, 0.2) is 0 Å². The van der Waals surface area contributed by atoms with Gasteiger partial charge in [0.25, 0.3) is 0 Å². The summed E-state index contributed by atoms with van der Waals surface area (Å²) < 4.78 is 68.4. The van der Waals surface area contributed by atoms with Gasteiger partial charge in [0, 0.05) is 25.7 Å². The zero-order valence-corrected chi connectivity index (χ0v) is 61.6. The molecule has 0 saturated heterocycles. The molecule has 0 amide bonds. The molecule has 0 aliphatic carbocycles. The summed E-state index contributed by atoms with van der Waals surface area (Å²) in [4.78, 5) is 72.7. The van der Waals surface area contributed by atoms with Crippen LogP contribution in [0, 0.1) is 11.8 Å². The van der Waals surface area contributed by atoms with Crippen LogP contribution < -0.4 is 0 Å². The largest absolute Gasteiger partial charge is 0.472 e. The van der Waals surface area contributed by atoms with E-state index < -0.39 is 97.5 Å². The standard InChI is InChI=1S/C73H142O17P2/c1-7-9-11-13-15-17-19-21-23-24-26-28-32-38-45-51-57-72(77)89-68(61-83-70(75)55-49-43-37-31-27-25-22-20-18-16-14-12-10-8-2)63-87-91(79,80)85-59-67(74)60-86-92(81,82)88-64-69(62-84-71(76)56-50-44-40-34-36-42-48-54-66(5)6)90-73(78)58-52-46-39-33-29-30-35-41-47-53-65(3)4/h65-69,74H,7-64H2,1-6H3,(H,79,80)(H,81,82)/t67-,68-,69-/m1/s1. The molecule has 0 fully saturated rings. The number of rotatable bonds is 72. The van der Waals surface area contributed by atoms with Gasteiger partial charge in [-0.05, 0) is 37.5 Å². The Labute approximate surface area is 562 Å². The second kappa shape index (κ2) is 65.0. The van der Waals surface area contributed by atoms with Crippen molar-refractivity contribution < 1.29 is 80.2 Å². The van der Waals surface area contributed by atoms with Crippen molar-refractivity contribution in [3.05, 3.63) is 0 Å². The van der Waals surface area contributed by atoms with Crippen LogP contribution in [0.25, 0.3) is 0 Å². The molecule has 5 atom stereocenters. The van der Waals surface area contributed by atoms with Gasteiger partial charge < -0.3 is 33.8 Å². The highest BCUT2D eigenvalue weighted by Crippen LogP contribution is 2.45. The quantitative estimate of drug-likeness (QED) is 0.0222. The third kappa shape index (κ3) is 66.7. The van der Waals surface area contributed by atoms with Crippen LogP contribution in [0.1, 0.15) is 375 Å². The molecule has 0 aromatic rings. The fourth-order valence-electron chi connectivity index (χ4n) is 11.1. The molecule has 3 N–H and O–H groups in total. The molecule has 0 spiro atoms. The van der Waals surface area contributed by atoms with Gasteiger partial charge in [0.05, 0.1) is 26.4 Å². The number of hydrogen-bond acceptors (Lipinski definition) is 15. The average Bonchev–Trinajstić information content (AvgIpc) is 1.40. The monoisotopic (exact) mass is 1350 g/mol. The van der Waals surface area contributed by atoms with E-state index in [1.165, 1.54) is 186 Å². The van der Waals surface area contributed by atoms with Crippen molar-refractivity contribution >= 4 is 39.5 Å². The summed E-state index contributed by atoms with van der Waals surface area (Å²) in [6, 6.07) is 0. The fraction of sp³-hybridized carbons (Fsp3) is 0.945. The lowest BCUT2D eigenvalue weighted by Crippen LogP contribution is -2.30. The second-order valence-corrected chi connectivity index (χ2v) is 30.2. The first-order valence-electron chi connectivity index (χ1n) is 38.0. The van der Waals surface area contributed by atoms with Crippen LogP contribution in [0.3, 0.4) is 0 Å². The van der Waals surface area contributed by atoms with Crippen LogP contribution in [0.5, 0.6) is 0 Å². The average molecular weight is 1350 g/mol. The molecule has 0 aromatic carbocycles. The predicted molar refractivity (Wildman–Crippen MR) is 372 cm³/mol. The van der Waals surface area contributed by atoms with Gasteiger partial charge in [-0.25, -0.2) is 9.13 Å². The highest BCUT2D eigenvalue weighted by molar-refractivity contribution is 7.47. The van der Waals surface area contributed by atoms with Gasteiger partial charge in [-0.15, -0.1) is 0 Å². The maximum Gasteiger partial charge on any atom is 0.472 e. The van der Waals surface area contributed by atoms with Crippen LogP contribution in [0.4, 0.5) is 0 Å². The van der Waals surface area contributed by atoms with Crippen molar-refractivity contribution in [1.29, 1.82) is 0 Å². The molecular weight excluding hydrogens is 1210 g/mol. The summed E-state index contributed by atoms with van der Waals surface area (Å²) in [5, 5.41) is 10.6. The number of carbonyl (C=O) groups excluding carboxylic acids is 4. The van der Waals surface area contributed by atoms with Crippen LogP contribution >= 0.6 is 15.6 Å². The second-order valence-electron chi connectivity index (χ2n) is 27.3. The molecule has 0 rings (SSSR count).